The van der Waals surface area contributed by atoms with Gasteiger partial charge in [-0.15, -0.1) is 0 Å². The maximum atomic E-state index is 12.1. The lowest BCUT2D eigenvalue weighted by Gasteiger charge is -2.33. The van der Waals surface area contributed by atoms with Gasteiger partial charge in [0.15, 0.2) is 5.78 Å². The van der Waals surface area contributed by atoms with E-state index in [0.717, 1.165) is 12.8 Å². The number of hydrogen-bond donors (Lipinski definition) is 1. The molecule has 0 bridgehead atoms. The van der Waals surface area contributed by atoms with Crippen LogP contribution in [0.3, 0.4) is 0 Å². The van der Waals surface area contributed by atoms with Crippen molar-refractivity contribution in [2.75, 3.05) is 32.1 Å². The minimum atomic E-state index is -0.589. The molecule has 1 heterocycles. The normalized spacial score (nSPS) is 14.9. The van der Waals surface area contributed by atoms with Gasteiger partial charge in [0.2, 0.25) is 0 Å². The van der Waals surface area contributed by atoms with Crippen LogP contribution in [0.2, 0.25) is 0 Å². The summed E-state index contributed by atoms with van der Waals surface area (Å²) in [7, 11) is 1.47. The highest BCUT2D eigenvalue weighted by atomic mass is 16.6. The fourth-order valence-corrected chi connectivity index (χ4v) is 2.96. The van der Waals surface area contributed by atoms with Crippen molar-refractivity contribution in [2.45, 2.75) is 46.1 Å². The van der Waals surface area contributed by atoms with Crippen molar-refractivity contribution in [3.63, 3.8) is 0 Å². The van der Waals surface area contributed by atoms with Gasteiger partial charge < -0.3 is 19.1 Å². The lowest BCUT2D eigenvalue weighted by molar-refractivity contribution is 0.0152. The molecule has 8 heteroatoms. The summed E-state index contributed by atoms with van der Waals surface area (Å²) in [5.74, 6) is 0.483. The number of nitrogens with zero attached hydrogens (tertiary/aromatic N) is 1. The predicted molar refractivity (Wildman–Crippen MR) is 109 cm³/mol. The molecule has 1 fully saturated rings. The zero-order valence-electron chi connectivity index (χ0n) is 17.7. The average Bonchev–Trinajstić information content (AvgIpc) is 2.65. The topological polar surface area (TPSA) is 94.2 Å². The number of likely N-dealkylation sites (tertiary alicyclic amines) is 1. The number of anilines is 1. The molecule has 1 aromatic rings. The highest BCUT2D eigenvalue weighted by Crippen LogP contribution is 2.26. The Labute approximate surface area is 171 Å². The summed E-state index contributed by atoms with van der Waals surface area (Å²) in [6.45, 7) is 8.40. The van der Waals surface area contributed by atoms with Crippen LogP contribution in [-0.2, 0) is 9.47 Å². The number of piperidine rings is 1. The van der Waals surface area contributed by atoms with Crippen LogP contribution in [0.25, 0.3) is 0 Å². The van der Waals surface area contributed by atoms with E-state index in [1.165, 1.54) is 14.0 Å². The number of benzene rings is 1. The monoisotopic (exact) mass is 406 g/mol. The van der Waals surface area contributed by atoms with E-state index in [1.807, 2.05) is 20.8 Å². The maximum Gasteiger partial charge on any atom is 0.411 e. The summed E-state index contributed by atoms with van der Waals surface area (Å²) in [4.78, 5) is 37.4. The van der Waals surface area contributed by atoms with Gasteiger partial charge in [-0.3, -0.25) is 10.1 Å². The zero-order valence-corrected chi connectivity index (χ0v) is 17.7. The Kier molecular flexibility index (Phi) is 7.47. The first-order chi connectivity index (χ1) is 13.6. The second-order valence-corrected chi connectivity index (χ2v) is 8.11. The molecule has 8 nitrogen and oxygen atoms in total. The summed E-state index contributed by atoms with van der Waals surface area (Å²) in [6, 6.07) is 4.80. The molecular weight excluding hydrogens is 376 g/mol. The highest BCUT2D eigenvalue weighted by molar-refractivity contribution is 5.96. The van der Waals surface area contributed by atoms with E-state index in [4.69, 9.17) is 14.2 Å². The van der Waals surface area contributed by atoms with Crippen LogP contribution in [0.4, 0.5) is 15.3 Å². The highest BCUT2D eigenvalue weighted by Gasteiger charge is 2.27. The molecule has 2 rings (SSSR count). The van der Waals surface area contributed by atoms with Crippen molar-refractivity contribution >= 4 is 23.7 Å². The minimum absolute atomic E-state index is 0.0878. The number of nitrogens with one attached hydrogen (secondary N) is 1. The molecular formula is C21H30N2O6. The minimum Gasteiger partial charge on any atom is -0.495 e. The molecule has 0 spiro atoms. The molecule has 1 aliphatic rings. The molecule has 0 aromatic heterocycles. The van der Waals surface area contributed by atoms with Gasteiger partial charge in [-0.05, 0) is 64.7 Å². The molecule has 0 aliphatic carbocycles. The molecule has 2 amide bonds. The second-order valence-electron chi connectivity index (χ2n) is 8.11. The van der Waals surface area contributed by atoms with E-state index in [2.05, 4.69) is 5.32 Å². The van der Waals surface area contributed by atoms with E-state index in [-0.39, 0.29) is 24.4 Å². The summed E-state index contributed by atoms with van der Waals surface area (Å²) in [5, 5.41) is 2.64. The van der Waals surface area contributed by atoms with Gasteiger partial charge in [-0.1, -0.05) is 0 Å². The van der Waals surface area contributed by atoms with Crippen molar-refractivity contribution < 1.29 is 28.6 Å². The van der Waals surface area contributed by atoms with Gasteiger partial charge >= 0.3 is 12.2 Å². The van der Waals surface area contributed by atoms with Crippen LogP contribution in [-0.4, -0.2) is 55.3 Å². The third-order valence-electron chi connectivity index (χ3n) is 4.56. The molecule has 160 valence electrons. The molecule has 1 aliphatic heterocycles. The van der Waals surface area contributed by atoms with E-state index in [1.54, 1.807) is 23.1 Å². The van der Waals surface area contributed by atoms with Gasteiger partial charge in [0, 0.05) is 18.7 Å². The van der Waals surface area contributed by atoms with Gasteiger partial charge in [0.25, 0.3) is 0 Å². The smallest absolute Gasteiger partial charge is 0.411 e. The fourth-order valence-electron chi connectivity index (χ4n) is 2.96. The largest absolute Gasteiger partial charge is 0.495 e. The summed E-state index contributed by atoms with van der Waals surface area (Å²) in [6.07, 6.45) is 0.580. The predicted octanol–water partition coefficient (Wildman–Crippen LogP) is 4.09. The first-order valence-corrected chi connectivity index (χ1v) is 9.69. The van der Waals surface area contributed by atoms with Crippen LogP contribution < -0.4 is 10.1 Å². The molecule has 1 saturated heterocycles. The van der Waals surface area contributed by atoms with Crippen molar-refractivity contribution in [3.8, 4) is 5.75 Å². The molecule has 0 unspecified atom stereocenters. The van der Waals surface area contributed by atoms with Gasteiger partial charge in [-0.25, -0.2) is 9.59 Å². The van der Waals surface area contributed by atoms with E-state index >= 15 is 0 Å². The number of carbonyl (C=O) groups is 3. The van der Waals surface area contributed by atoms with Crippen molar-refractivity contribution in [1.82, 2.24) is 4.90 Å². The Morgan fingerprint density at radius 3 is 2.38 bits per heavy atom. The second kappa shape index (κ2) is 9.62. The van der Waals surface area contributed by atoms with Crippen molar-refractivity contribution in [3.05, 3.63) is 23.8 Å². The van der Waals surface area contributed by atoms with Gasteiger partial charge in [0.05, 0.1) is 19.4 Å². The third kappa shape index (κ3) is 6.96. The molecule has 0 saturated carbocycles. The number of ketones is 1. The Hall–Kier alpha value is -2.77. The van der Waals surface area contributed by atoms with E-state index < -0.39 is 11.7 Å². The van der Waals surface area contributed by atoms with Crippen LogP contribution in [0, 0.1) is 5.92 Å². The standard InChI is InChI=1S/C21H30N2O6/c1-14(24)16-6-7-17(18(12-16)27-5)22-19(25)28-13-15-8-10-23(11-9-15)20(26)29-21(2,3)4/h6-7,12,15H,8-11,13H2,1-5H3,(H,22,25). The number of hydrogen-bond acceptors (Lipinski definition) is 6. The number of rotatable bonds is 5. The van der Waals surface area contributed by atoms with Crippen molar-refractivity contribution in [1.29, 1.82) is 0 Å². The lowest BCUT2D eigenvalue weighted by Crippen LogP contribution is -2.42. The molecule has 0 atom stereocenters. The number of carbonyl (C=O) groups excluding carboxylic acids is 3. The maximum absolute atomic E-state index is 12.1. The number of ether oxygens (including phenoxy) is 3. The Bertz CT molecular complexity index is 748. The quantitative estimate of drug-likeness (QED) is 0.740. The van der Waals surface area contributed by atoms with Gasteiger partial charge in [0.1, 0.15) is 11.4 Å². The SMILES string of the molecule is COc1cc(C(C)=O)ccc1NC(=O)OCC1CCN(C(=O)OC(C)(C)C)CC1. The number of Topliss-reactive ketones (excluding diaryl/α,β-unsaturated/α-hetero) is 1. The lowest BCUT2D eigenvalue weighted by atomic mass is 9.98. The zero-order chi connectivity index (χ0) is 21.6. The number of amides is 2. The molecule has 1 aromatic carbocycles. The van der Waals surface area contributed by atoms with Gasteiger partial charge in [-0.2, -0.15) is 0 Å². The van der Waals surface area contributed by atoms with Crippen LogP contribution in [0.5, 0.6) is 5.75 Å². The first-order valence-electron chi connectivity index (χ1n) is 9.69. The average molecular weight is 406 g/mol. The molecule has 1 N–H and O–H groups in total. The molecule has 29 heavy (non-hydrogen) atoms. The Morgan fingerprint density at radius 2 is 1.83 bits per heavy atom. The molecule has 0 radical (unpaired) electrons. The van der Waals surface area contributed by atoms with Crippen LogP contribution in [0.1, 0.15) is 50.9 Å². The summed E-state index contributed by atoms with van der Waals surface area (Å²) < 4.78 is 15.9. The van der Waals surface area contributed by atoms with E-state index in [9.17, 15) is 14.4 Å². The van der Waals surface area contributed by atoms with Crippen molar-refractivity contribution in [2.24, 2.45) is 5.92 Å². The summed E-state index contributed by atoms with van der Waals surface area (Å²) in [5.41, 5.74) is 0.415. The first kappa shape index (κ1) is 22.5. The Morgan fingerprint density at radius 1 is 1.17 bits per heavy atom. The third-order valence-corrected chi connectivity index (χ3v) is 4.56. The summed E-state index contributed by atoms with van der Waals surface area (Å²) >= 11 is 0. The van der Waals surface area contributed by atoms with Crippen LogP contribution in [0.15, 0.2) is 18.2 Å². The number of methoxy groups -OCH3 is 1. The fraction of sp³-hybridized carbons (Fsp3) is 0.571. The van der Waals surface area contributed by atoms with E-state index in [0.29, 0.717) is 30.1 Å². The van der Waals surface area contributed by atoms with Crippen LogP contribution >= 0.6 is 0 Å². The Balaban J connectivity index is 1.79.